The van der Waals surface area contributed by atoms with Crippen LogP contribution < -0.4 is 0 Å². The topological polar surface area (TPSA) is 105 Å². The number of hydrogen-bond donors (Lipinski definition) is 0. The number of carbonyl (C=O) groups is 4. The fourth-order valence-electron chi connectivity index (χ4n) is 5.26. The van der Waals surface area contributed by atoms with Crippen LogP contribution in [0.1, 0.15) is 148 Å². The summed E-state index contributed by atoms with van der Waals surface area (Å²) in [6.07, 6.45) is 16.5. The van der Waals surface area contributed by atoms with Gasteiger partial charge in [0.25, 0.3) is 0 Å². The minimum Gasteiger partial charge on any atom is -0.466 e. The van der Waals surface area contributed by atoms with E-state index in [0.717, 1.165) is 36.8 Å². The van der Waals surface area contributed by atoms with E-state index in [1.54, 1.807) is 24.3 Å². The number of carbonyl (C=O) groups excluding carboxylic acids is 4. The Kier molecular flexibility index (Phi) is 24.5. The van der Waals surface area contributed by atoms with Gasteiger partial charge in [-0.15, -0.1) is 0 Å². The summed E-state index contributed by atoms with van der Waals surface area (Å²) in [5.74, 6) is -1.39. The molecule has 3 rings (SSSR count). The van der Waals surface area contributed by atoms with Crippen molar-refractivity contribution in [3.8, 4) is 0 Å². The molecule has 0 aliphatic carbocycles. The molecule has 0 N–H and O–H groups in total. The Morgan fingerprint density at radius 2 is 0.750 bits per heavy atom. The first-order chi connectivity index (χ1) is 25.4. The van der Waals surface area contributed by atoms with Crippen molar-refractivity contribution >= 4 is 23.9 Å². The van der Waals surface area contributed by atoms with E-state index in [4.69, 9.17) is 18.9 Å². The molecule has 0 saturated heterocycles. The first-order valence-electron chi connectivity index (χ1n) is 19.3. The van der Waals surface area contributed by atoms with Crippen molar-refractivity contribution in [3.63, 3.8) is 0 Å². The van der Waals surface area contributed by atoms with Gasteiger partial charge in [-0.1, -0.05) is 151 Å². The van der Waals surface area contributed by atoms with E-state index in [1.165, 1.54) is 51.4 Å². The lowest BCUT2D eigenvalue weighted by atomic mass is 10.1. The Hall–Kier alpha value is -4.46. The van der Waals surface area contributed by atoms with Crippen LogP contribution >= 0.6 is 0 Å². The summed E-state index contributed by atoms with van der Waals surface area (Å²) in [6, 6.07) is 25.2. The van der Waals surface area contributed by atoms with Gasteiger partial charge < -0.3 is 18.9 Å². The second-order valence-corrected chi connectivity index (χ2v) is 12.9. The third kappa shape index (κ3) is 21.0. The number of esters is 4. The third-order valence-electron chi connectivity index (χ3n) is 8.33. The predicted octanol–water partition coefficient (Wildman–Crippen LogP) is 10.8. The fraction of sp³-hybridized carbons (Fsp3) is 0.500. The largest absolute Gasteiger partial charge is 0.466 e. The number of hydrogen-bond acceptors (Lipinski definition) is 8. The molecule has 0 radical (unpaired) electrons. The highest BCUT2D eigenvalue weighted by Crippen LogP contribution is 2.15. The summed E-state index contributed by atoms with van der Waals surface area (Å²) in [4.78, 5) is 48.0. The Labute approximate surface area is 311 Å². The van der Waals surface area contributed by atoms with E-state index >= 15 is 0 Å². The molecular weight excluding hydrogens is 656 g/mol. The van der Waals surface area contributed by atoms with Gasteiger partial charge in [-0.25, -0.2) is 9.59 Å². The van der Waals surface area contributed by atoms with Gasteiger partial charge in [0.15, 0.2) is 0 Å². The fourth-order valence-corrected chi connectivity index (χ4v) is 5.26. The van der Waals surface area contributed by atoms with Crippen molar-refractivity contribution < 1.29 is 38.1 Å². The molecule has 8 nitrogen and oxygen atoms in total. The molecule has 3 aromatic rings. The van der Waals surface area contributed by atoms with Gasteiger partial charge in [0.2, 0.25) is 0 Å². The summed E-state index contributed by atoms with van der Waals surface area (Å²) in [5.41, 5.74) is 2.15. The average Bonchev–Trinajstić information content (AvgIpc) is 3.18. The first-order valence-corrected chi connectivity index (χ1v) is 19.3. The quantitative estimate of drug-likeness (QED) is 0.0485. The summed E-state index contributed by atoms with van der Waals surface area (Å²) < 4.78 is 21.1. The summed E-state index contributed by atoms with van der Waals surface area (Å²) >= 11 is 0. The summed E-state index contributed by atoms with van der Waals surface area (Å²) in [5, 5.41) is 0. The maximum atomic E-state index is 12.4. The standard InChI is InChI=1S/C22H18O4.C22H42O4/c23-21(25-15-17-9-3-1-4-10-17)19-13-7-8-14-20(19)22(24)26-16-18-11-5-2-6-12-18;1-3-5-7-9-11-15-19-25-21(23)17-13-14-18-22(24)26-20-16-12-10-8-6-4-2/h1-14H,15-16H2;3-20H2,1-2H3. The Morgan fingerprint density at radius 3 is 1.13 bits per heavy atom. The maximum Gasteiger partial charge on any atom is 0.339 e. The highest BCUT2D eigenvalue weighted by molar-refractivity contribution is 6.03. The second-order valence-electron chi connectivity index (χ2n) is 12.9. The van der Waals surface area contributed by atoms with Crippen LogP contribution in [-0.2, 0) is 41.8 Å². The van der Waals surface area contributed by atoms with E-state index < -0.39 is 11.9 Å². The van der Waals surface area contributed by atoms with Crippen LogP contribution in [0.2, 0.25) is 0 Å². The molecule has 0 saturated carbocycles. The van der Waals surface area contributed by atoms with Gasteiger partial charge in [-0.2, -0.15) is 0 Å². The molecule has 0 amide bonds. The van der Waals surface area contributed by atoms with Crippen molar-refractivity contribution in [2.24, 2.45) is 0 Å². The van der Waals surface area contributed by atoms with Crippen molar-refractivity contribution in [1.82, 2.24) is 0 Å². The molecule has 0 unspecified atom stereocenters. The van der Waals surface area contributed by atoms with Gasteiger partial charge in [0, 0.05) is 12.8 Å². The smallest absolute Gasteiger partial charge is 0.339 e. The lowest BCUT2D eigenvalue weighted by Gasteiger charge is -2.10. The van der Waals surface area contributed by atoms with E-state index in [2.05, 4.69) is 13.8 Å². The molecule has 0 spiro atoms. The number of unbranched alkanes of at least 4 members (excludes halogenated alkanes) is 11. The molecule has 0 heterocycles. The zero-order chi connectivity index (χ0) is 37.5. The SMILES string of the molecule is CCCCCCCCOC(=O)CCCCC(=O)OCCCCCCCC.O=C(OCc1ccccc1)c1ccccc1C(=O)OCc1ccccc1. The second kappa shape index (κ2) is 29.2. The number of benzene rings is 3. The molecule has 0 aromatic heterocycles. The Balaban J connectivity index is 0.000000360. The zero-order valence-corrected chi connectivity index (χ0v) is 31.5. The minimum atomic E-state index is -0.555. The van der Waals surface area contributed by atoms with E-state index in [0.29, 0.717) is 38.9 Å². The Morgan fingerprint density at radius 1 is 0.404 bits per heavy atom. The lowest BCUT2D eigenvalue weighted by molar-refractivity contribution is -0.146. The van der Waals surface area contributed by atoms with Crippen LogP contribution in [0.5, 0.6) is 0 Å². The van der Waals surface area contributed by atoms with Crippen LogP contribution in [0.15, 0.2) is 84.9 Å². The molecule has 0 bridgehead atoms. The molecule has 52 heavy (non-hydrogen) atoms. The number of ether oxygens (including phenoxy) is 4. The van der Waals surface area contributed by atoms with Crippen LogP contribution in [-0.4, -0.2) is 37.1 Å². The molecule has 8 heteroatoms. The number of rotatable bonds is 25. The van der Waals surface area contributed by atoms with Gasteiger partial charge in [0.1, 0.15) is 13.2 Å². The highest BCUT2D eigenvalue weighted by atomic mass is 16.5. The van der Waals surface area contributed by atoms with Crippen LogP contribution in [0.25, 0.3) is 0 Å². The summed E-state index contributed by atoms with van der Waals surface area (Å²) in [6.45, 7) is 5.77. The molecule has 0 aliphatic rings. The van der Waals surface area contributed by atoms with E-state index in [9.17, 15) is 19.2 Å². The van der Waals surface area contributed by atoms with Crippen molar-refractivity contribution in [2.45, 2.75) is 130 Å². The highest BCUT2D eigenvalue weighted by Gasteiger charge is 2.19. The van der Waals surface area contributed by atoms with Crippen molar-refractivity contribution in [3.05, 3.63) is 107 Å². The normalized spacial score (nSPS) is 10.4. The Bertz CT molecular complexity index is 1280. The maximum absolute atomic E-state index is 12.4. The molecule has 0 aliphatic heterocycles. The molecule has 0 atom stereocenters. The first kappa shape index (κ1) is 43.7. The van der Waals surface area contributed by atoms with Crippen LogP contribution in [0, 0.1) is 0 Å². The zero-order valence-electron chi connectivity index (χ0n) is 31.5. The molecular formula is C44H60O8. The van der Waals surface area contributed by atoms with Crippen molar-refractivity contribution in [2.75, 3.05) is 13.2 Å². The molecule has 0 fully saturated rings. The van der Waals surface area contributed by atoms with Gasteiger partial charge in [-0.3, -0.25) is 9.59 Å². The predicted molar refractivity (Wildman–Crippen MR) is 205 cm³/mol. The van der Waals surface area contributed by atoms with Crippen LogP contribution in [0.3, 0.4) is 0 Å². The van der Waals surface area contributed by atoms with Gasteiger partial charge in [-0.05, 0) is 48.9 Å². The van der Waals surface area contributed by atoms with Crippen molar-refractivity contribution in [1.29, 1.82) is 0 Å². The monoisotopic (exact) mass is 716 g/mol. The van der Waals surface area contributed by atoms with Crippen LogP contribution in [0.4, 0.5) is 0 Å². The minimum absolute atomic E-state index is 0.140. The molecule has 284 valence electrons. The molecule has 3 aromatic carbocycles. The lowest BCUT2D eigenvalue weighted by Crippen LogP contribution is -2.14. The van der Waals surface area contributed by atoms with Gasteiger partial charge >= 0.3 is 23.9 Å². The summed E-state index contributed by atoms with van der Waals surface area (Å²) in [7, 11) is 0. The van der Waals surface area contributed by atoms with E-state index in [1.807, 2.05) is 60.7 Å². The third-order valence-corrected chi connectivity index (χ3v) is 8.33. The average molecular weight is 717 g/mol. The van der Waals surface area contributed by atoms with Gasteiger partial charge in [0.05, 0.1) is 24.3 Å². The van der Waals surface area contributed by atoms with E-state index in [-0.39, 0.29) is 36.3 Å².